The Kier molecular flexibility index (Phi) is 3.86. The summed E-state index contributed by atoms with van der Waals surface area (Å²) in [5.41, 5.74) is 2.23. The van der Waals surface area contributed by atoms with E-state index in [0.717, 1.165) is 43.6 Å². The summed E-state index contributed by atoms with van der Waals surface area (Å²) in [6.07, 6.45) is 6.05. The monoisotopic (exact) mass is 270 g/mol. The van der Waals surface area contributed by atoms with Gasteiger partial charge in [0.05, 0.1) is 11.0 Å². The maximum Gasteiger partial charge on any atom is 0.136 e. The van der Waals surface area contributed by atoms with Gasteiger partial charge in [-0.1, -0.05) is 25.0 Å². The van der Waals surface area contributed by atoms with E-state index in [4.69, 9.17) is 4.98 Å². The lowest BCUT2D eigenvalue weighted by molar-refractivity contribution is -0.122. The van der Waals surface area contributed by atoms with Gasteiger partial charge in [0.15, 0.2) is 0 Å². The van der Waals surface area contributed by atoms with Gasteiger partial charge in [-0.2, -0.15) is 0 Å². The maximum atomic E-state index is 12.2. The van der Waals surface area contributed by atoms with E-state index in [9.17, 15) is 4.79 Å². The molecule has 0 saturated heterocycles. The number of hydrogen-bond donors (Lipinski definition) is 0. The number of Topliss-reactive ketones (excluding diaryl/α,β-unsaturated/α-hetero) is 1. The van der Waals surface area contributed by atoms with Crippen LogP contribution < -0.4 is 0 Å². The third kappa shape index (κ3) is 2.49. The van der Waals surface area contributed by atoms with Crippen molar-refractivity contribution in [2.75, 3.05) is 0 Å². The van der Waals surface area contributed by atoms with Crippen molar-refractivity contribution in [1.29, 1.82) is 0 Å². The van der Waals surface area contributed by atoms with Crippen molar-refractivity contribution in [3.63, 3.8) is 0 Å². The van der Waals surface area contributed by atoms with Gasteiger partial charge in [-0.05, 0) is 31.9 Å². The minimum Gasteiger partial charge on any atom is -0.328 e. The molecule has 1 atom stereocenters. The molecule has 1 unspecified atom stereocenters. The van der Waals surface area contributed by atoms with Gasteiger partial charge in [0.25, 0.3) is 0 Å². The van der Waals surface area contributed by atoms with Crippen LogP contribution in [0.2, 0.25) is 0 Å². The molecule has 3 heteroatoms. The summed E-state index contributed by atoms with van der Waals surface area (Å²) >= 11 is 0. The van der Waals surface area contributed by atoms with Crippen LogP contribution in [0.4, 0.5) is 0 Å². The molecule has 0 aliphatic heterocycles. The van der Waals surface area contributed by atoms with Gasteiger partial charge in [0.1, 0.15) is 11.6 Å². The van der Waals surface area contributed by atoms with Crippen LogP contribution in [0.1, 0.15) is 44.9 Å². The van der Waals surface area contributed by atoms with Crippen LogP contribution in [0.25, 0.3) is 11.0 Å². The zero-order valence-corrected chi connectivity index (χ0v) is 12.1. The number of imidazole rings is 1. The van der Waals surface area contributed by atoms with Crippen molar-refractivity contribution in [1.82, 2.24) is 9.55 Å². The first kappa shape index (κ1) is 13.3. The number of rotatable bonds is 3. The SMILES string of the molecule is CCn1c(CC2CCCCCC2=O)nc2ccccc21. The molecule has 20 heavy (non-hydrogen) atoms. The molecular formula is C17H22N2O. The minimum absolute atomic E-state index is 0.180. The molecule has 1 saturated carbocycles. The van der Waals surface area contributed by atoms with E-state index >= 15 is 0 Å². The molecule has 0 N–H and O–H groups in total. The summed E-state index contributed by atoms with van der Waals surface area (Å²) in [4.78, 5) is 16.9. The van der Waals surface area contributed by atoms with Crippen LogP contribution in [0.3, 0.4) is 0 Å². The van der Waals surface area contributed by atoms with Gasteiger partial charge < -0.3 is 4.57 Å². The first-order valence-corrected chi connectivity index (χ1v) is 7.76. The Labute approximate surface area is 120 Å². The molecule has 0 amide bonds. The summed E-state index contributed by atoms with van der Waals surface area (Å²) in [7, 11) is 0. The summed E-state index contributed by atoms with van der Waals surface area (Å²) in [5, 5.41) is 0. The molecule has 1 heterocycles. The smallest absolute Gasteiger partial charge is 0.136 e. The van der Waals surface area contributed by atoms with Crippen LogP contribution in [-0.4, -0.2) is 15.3 Å². The molecule has 1 aromatic carbocycles. The predicted octanol–water partition coefficient (Wildman–Crippen LogP) is 3.75. The molecule has 1 fully saturated rings. The lowest BCUT2D eigenvalue weighted by Gasteiger charge is -2.13. The highest BCUT2D eigenvalue weighted by Crippen LogP contribution is 2.25. The molecule has 3 rings (SSSR count). The van der Waals surface area contributed by atoms with Crippen molar-refractivity contribution in [3.05, 3.63) is 30.1 Å². The van der Waals surface area contributed by atoms with Crippen molar-refractivity contribution in [3.8, 4) is 0 Å². The standard InChI is InChI=1S/C17H22N2O/c1-2-19-15-10-7-6-9-14(15)18-17(19)12-13-8-4-3-5-11-16(13)20/h6-7,9-10,13H,2-5,8,11-12H2,1H3. The molecule has 0 spiro atoms. The van der Waals surface area contributed by atoms with Crippen LogP contribution in [0.15, 0.2) is 24.3 Å². The summed E-state index contributed by atoms with van der Waals surface area (Å²) in [5.74, 6) is 1.70. The molecule has 3 nitrogen and oxygen atoms in total. The van der Waals surface area contributed by atoms with E-state index in [0.29, 0.717) is 5.78 Å². The number of ketones is 1. The normalized spacial score (nSPS) is 20.2. The van der Waals surface area contributed by atoms with Gasteiger partial charge in [0, 0.05) is 25.3 Å². The Balaban J connectivity index is 1.91. The fourth-order valence-electron chi connectivity index (χ4n) is 3.30. The Morgan fingerprint density at radius 3 is 2.95 bits per heavy atom. The quantitative estimate of drug-likeness (QED) is 0.796. The summed E-state index contributed by atoms with van der Waals surface area (Å²) in [6, 6.07) is 8.25. The van der Waals surface area contributed by atoms with Crippen molar-refractivity contribution in [2.24, 2.45) is 5.92 Å². The molecule has 1 aliphatic carbocycles. The van der Waals surface area contributed by atoms with E-state index in [1.54, 1.807) is 0 Å². The number of fused-ring (bicyclic) bond motifs is 1. The zero-order valence-electron chi connectivity index (χ0n) is 12.1. The Morgan fingerprint density at radius 1 is 1.25 bits per heavy atom. The van der Waals surface area contributed by atoms with Gasteiger partial charge in [0.2, 0.25) is 0 Å². The number of carbonyl (C=O) groups is 1. The fraction of sp³-hybridized carbons (Fsp3) is 0.529. The lowest BCUT2D eigenvalue weighted by atomic mass is 9.95. The highest BCUT2D eigenvalue weighted by molar-refractivity contribution is 5.81. The number of aromatic nitrogens is 2. The fourth-order valence-corrected chi connectivity index (χ4v) is 3.30. The van der Waals surface area contributed by atoms with Crippen LogP contribution >= 0.6 is 0 Å². The third-order valence-electron chi connectivity index (χ3n) is 4.41. The first-order valence-electron chi connectivity index (χ1n) is 7.76. The number of aryl methyl sites for hydroxylation is 1. The molecule has 0 radical (unpaired) electrons. The maximum absolute atomic E-state index is 12.2. The minimum atomic E-state index is 0.180. The summed E-state index contributed by atoms with van der Waals surface area (Å²) < 4.78 is 2.26. The Hall–Kier alpha value is -1.64. The van der Waals surface area contributed by atoms with Crippen LogP contribution in [-0.2, 0) is 17.8 Å². The van der Waals surface area contributed by atoms with Crippen molar-refractivity contribution in [2.45, 2.75) is 52.0 Å². The van der Waals surface area contributed by atoms with Gasteiger partial charge >= 0.3 is 0 Å². The van der Waals surface area contributed by atoms with Gasteiger partial charge in [-0.15, -0.1) is 0 Å². The van der Waals surface area contributed by atoms with E-state index in [-0.39, 0.29) is 5.92 Å². The van der Waals surface area contributed by atoms with Crippen molar-refractivity contribution >= 4 is 16.8 Å². The van der Waals surface area contributed by atoms with E-state index in [1.165, 1.54) is 18.4 Å². The number of para-hydroxylation sites is 2. The average molecular weight is 270 g/mol. The highest BCUT2D eigenvalue weighted by Gasteiger charge is 2.23. The Bertz CT molecular complexity index is 614. The van der Waals surface area contributed by atoms with Gasteiger partial charge in [-0.25, -0.2) is 4.98 Å². The molecular weight excluding hydrogens is 248 g/mol. The first-order chi connectivity index (χ1) is 9.79. The Morgan fingerprint density at radius 2 is 2.10 bits per heavy atom. The molecule has 106 valence electrons. The predicted molar refractivity (Wildman–Crippen MR) is 80.7 cm³/mol. The molecule has 0 bridgehead atoms. The second kappa shape index (κ2) is 5.78. The topological polar surface area (TPSA) is 34.9 Å². The molecule has 1 aromatic heterocycles. The second-order valence-corrected chi connectivity index (χ2v) is 5.73. The van der Waals surface area contributed by atoms with Crippen LogP contribution in [0, 0.1) is 5.92 Å². The van der Waals surface area contributed by atoms with Gasteiger partial charge in [-0.3, -0.25) is 4.79 Å². The molecule has 1 aliphatic rings. The largest absolute Gasteiger partial charge is 0.328 e. The van der Waals surface area contributed by atoms with E-state index in [2.05, 4.69) is 29.7 Å². The summed E-state index contributed by atoms with van der Waals surface area (Å²) in [6.45, 7) is 3.06. The average Bonchev–Trinajstić information content (AvgIpc) is 2.69. The number of nitrogens with zero attached hydrogens (tertiary/aromatic N) is 2. The second-order valence-electron chi connectivity index (χ2n) is 5.73. The van der Waals surface area contributed by atoms with Crippen LogP contribution in [0.5, 0.6) is 0 Å². The van der Waals surface area contributed by atoms with E-state index < -0.39 is 0 Å². The third-order valence-corrected chi connectivity index (χ3v) is 4.41. The van der Waals surface area contributed by atoms with Crippen molar-refractivity contribution < 1.29 is 4.79 Å². The lowest BCUT2D eigenvalue weighted by Crippen LogP contribution is -2.18. The highest BCUT2D eigenvalue weighted by atomic mass is 16.1. The zero-order chi connectivity index (χ0) is 13.9. The number of carbonyl (C=O) groups excluding carboxylic acids is 1. The number of hydrogen-bond acceptors (Lipinski definition) is 2. The molecule has 2 aromatic rings. The number of benzene rings is 1. The van der Waals surface area contributed by atoms with E-state index in [1.807, 2.05) is 6.07 Å².